The van der Waals surface area contributed by atoms with Gasteiger partial charge >= 0.3 is 0 Å². The number of benzene rings is 1. The molecule has 1 aromatic carbocycles. The van der Waals surface area contributed by atoms with Crippen molar-refractivity contribution in [2.24, 2.45) is 5.73 Å². The Morgan fingerprint density at radius 2 is 1.90 bits per heavy atom. The average Bonchev–Trinajstić information content (AvgIpc) is 2.43. The lowest BCUT2D eigenvalue weighted by Crippen LogP contribution is -2.13. The molecular weight excluding hydrogens is 254 g/mol. The van der Waals surface area contributed by atoms with Gasteiger partial charge in [0.15, 0.2) is 0 Å². The van der Waals surface area contributed by atoms with Crippen molar-refractivity contribution in [2.45, 2.75) is 0 Å². The van der Waals surface area contributed by atoms with Crippen molar-refractivity contribution < 1.29 is 9.53 Å². The molecule has 1 amide bonds. The van der Waals surface area contributed by atoms with Gasteiger partial charge in [-0.2, -0.15) is 5.26 Å². The molecule has 0 aliphatic heterocycles. The molecule has 0 bridgehead atoms. The van der Waals surface area contributed by atoms with Gasteiger partial charge in [-0.15, -0.1) is 0 Å². The molecule has 5 nitrogen and oxygen atoms in total. The summed E-state index contributed by atoms with van der Waals surface area (Å²) >= 11 is 0. The Morgan fingerprint density at radius 1 is 1.30 bits per heavy atom. The van der Waals surface area contributed by atoms with Gasteiger partial charge in [-0.3, -0.25) is 4.79 Å². The predicted molar refractivity (Wildman–Crippen MR) is 77.5 cm³/mol. The Labute approximate surface area is 118 Å². The second-order valence-electron chi connectivity index (χ2n) is 4.23. The van der Waals surface area contributed by atoms with E-state index in [4.69, 9.17) is 15.7 Å². The molecule has 0 atom stereocenters. The number of nitrogens with zero attached hydrogens (tertiary/aromatic N) is 2. The third-order valence-corrected chi connectivity index (χ3v) is 2.66. The van der Waals surface area contributed by atoms with Crippen LogP contribution < -0.4 is 10.5 Å². The lowest BCUT2D eigenvalue weighted by molar-refractivity contribution is -0.114. The Kier molecular flexibility index (Phi) is 5.36. The van der Waals surface area contributed by atoms with E-state index in [1.54, 1.807) is 19.3 Å². The Balaban J connectivity index is 3.17. The third-order valence-electron chi connectivity index (χ3n) is 2.66. The molecule has 0 radical (unpaired) electrons. The number of ether oxygens (including phenoxy) is 1. The molecule has 2 N–H and O–H groups in total. The van der Waals surface area contributed by atoms with Crippen molar-refractivity contribution >= 4 is 11.6 Å². The molecule has 5 heteroatoms. The first-order valence-corrected chi connectivity index (χ1v) is 5.93. The number of primary amides is 1. The molecule has 0 saturated heterocycles. The molecule has 0 fully saturated rings. The van der Waals surface area contributed by atoms with Crippen LogP contribution in [0.15, 0.2) is 42.0 Å². The van der Waals surface area contributed by atoms with Gasteiger partial charge in [0.05, 0.1) is 7.11 Å². The van der Waals surface area contributed by atoms with Gasteiger partial charge in [0.2, 0.25) is 0 Å². The molecule has 0 saturated carbocycles. The van der Waals surface area contributed by atoms with Crippen LogP contribution in [0.3, 0.4) is 0 Å². The highest BCUT2D eigenvalue weighted by molar-refractivity contribution is 5.96. The SMILES string of the molecule is COc1ccc(C(=CC=C(C#N)C(N)=O)N(C)C)cc1. The van der Waals surface area contributed by atoms with Gasteiger partial charge in [-0.1, -0.05) is 0 Å². The summed E-state index contributed by atoms with van der Waals surface area (Å²) in [6.07, 6.45) is 3.10. The summed E-state index contributed by atoms with van der Waals surface area (Å²) in [6, 6.07) is 9.25. The molecule has 20 heavy (non-hydrogen) atoms. The minimum absolute atomic E-state index is 0.0853. The molecule has 104 valence electrons. The number of carbonyl (C=O) groups is 1. The summed E-state index contributed by atoms with van der Waals surface area (Å²) in [5.41, 5.74) is 6.80. The van der Waals surface area contributed by atoms with Crippen LogP contribution in [0, 0.1) is 11.3 Å². The maximum atomic E-state index is 11.0. The average molecular weight is 271 g/mol. The lowest BCUT2D eigenvalue weighted by atomic mass is 10.1. The number of methoxy groups -OCH3 is 1. The second kappa shape index (κ2) is 7.00. The normalized spacial score (nSPS) is 11.7. The van der Waals surface area contributed by atoms with Crippen molar-refractivity contribution in [2.75, 3.05) is 21.2 Å². The van der Waals surface area contributed by atoms with E-state index >= 15 is 0 Å². The van der Waals surface area contributed by atoms with Crippen LogP contribution in [-0.4, -0.2) is 32.0 Å². The van der Waals surface area contributed by atoms with Crippen molar-refractivity contribution in [1.82, 2.24) is 4.90 Å². The molecule has 0 heterocycles. The van der Waals surface area contributed by atoms with Gasteiger partial charge in [0.25, 0.3) is 5.91 Å². The van der Waals surface area contributed by atoms with E-state index in [9.17, 15) is 4.79 Å². The first-order chi connectivity index (χ1) is 9.49. The van der Waals surface area contributed by atoms with Crippen LogP contribution in [0.5, 0.6) is 5.75 Å². The molecular formula is C15H17N3O2. The minimum Gasteiger partial charge on any atom is -0.497 e. The van der Waals surface area contributed by atoms with Gasteiger partial charge in [-0.05, 0) is 42.0 Å². The summed E-state index contributed by atoms with van der Waals surface area (Å²) in [4.78, 5) is 12.9. The van der Waals surface area contributed by atoms with Crippen molar-refractivity contribution in [3.05, 3.63) is 47.6 Å². The minimum atomic E-state index is -0.739. The largest absolute Gasteiger partial charge is 0.497 e. The van der Waals surface area contributed by atoms with Gasteiger partial charge in [0.1, 0.15) is 17.4 Å². The van der Waals surface area contributed by atoms with Gasteiger partial charge in [0, 0.05) is 19.8 Å². The first-order valence-electron chi connectivity index (χ1n) is 5.93. The zero-order valence-electron chi connectivity index (χ0n) is 11.8. The van der Waals surface area contributed by atoms with Crippen LogP contribution in [0.25, 0.3) is 5.70 Å². The standard InChI is InChI=1S/C15H17N3O2/c1-18(2)14(9-6-12(10-16)15(17)19)11-4-7-13(20-3)8-5-11/h4-9H,1-3H3,(H2,17,19). The molecule has 1 aromatic rings. The number of rotatable bonds is 5. The second-order valence-corrected chi connectivity index (χ2v) is 4.23. The van der Waals surface area contributed by atoms with E-state index in [1.165, 1.54) is 6.08 Å². The highest BCUT2D eigenvalue weighted by Gasteiger charge is 2.05. The van der Waals surface area contributed by atoms with E-state index in [1.807, 2.05) is 43.3 Å². The van der Waals surface area contributed by atoms with E-state index in [2.05, 4.69) is 0 Å². The van der Waals surface area contributed by atoms with E-state index < -0.39 is 5.91 Å². The van der Waals surface area contributed by atoms with Crippen molar-refractivity contribution in [3.8, 4) is 11.8 Å². The summed E-state index contributed by atoms with van der Waals surface area (Å²) < 4.78 is 5.11. The fraction of sp³-hybridized carbons (Fsp3) is 0.200. The molecule has 1 rings (SSSR count). The Bertz CT molecular complexity index is 578. The molecule has 0 aromatic heterocycles. The maximum Gasteiger partial charge on any atom is 0.259 e. The molecule has 0 spiro atoms. The Hall–Kier alpha value is -2.74. The highest BCUT2D eigenvalue weighted by atomic mass is 16.5. The number of carbonyl (C=O) groups excluding carboxylic acids is 1. The van der Waals surface area contributed by atoms with E-state index in [0.717, 1.165) is 17.0 Å². The summed E-state index contributed by atoms with van der Waals surface area (Å²) in [7, 11) is 5.35. The smallest absolute Gasteiger partial charge is 0.259 e. The number of nitriles is 1. The van der Waals surface area contributed by atoms with Crippen LogP contribution in [0.2, 0.25) is 0 Å². The predicted octanol–water partition coefficient (Wildman–Crippen LogP) is 1.53. The van der Waals surface area contributed by atoms with Crippen LogP contribution >= 0.6 is 0 Å². The first kappa shape index (κ1) is 15.3. The molecule has 0 aliphatic rings. The van der Waals surface area contributed by atoms with Crippen LogP contribution in [0.4, 0.5) is 0 Å². The maximum absolute atomic E-state index is 11.0. The fourth-order valence-electron chi connectivity index (χ4n) is 1.60. The summed E-state index contributed by atoms with van der Waals surface area (Å²) in [5.74, 6) is 0.0221. The molecule has 0 aliphatic carbocycles. The lowest BCUT2D eigenvalue weighted by Gasteiger charge is -2.17. The van der Waals surface area contributed by atoms with E-state index in [-0.39, 0.29) is 5.57 Å². The van der Waals surface area contributed by atoms with Crippen LogP contribution in [-0.2, 0) is 4.79 Å². The van der Waals surface area contributed by atoms with Crippen molar-refractivity contribution in [3.63, 3.8) is 0 Å². The number of amides is 1. The zero-order valence-corrected chi connectivity index (χ0v) is 11.8. The number of nitrogens with two attached hydrogens (primary N) is 1. The summed E-state index contributed by atoms with van der Waals surface area (Å²) in [5, 5.41) is 8.81. The topological polar surface area (TPSA) is 79.3 Å². The van der Waals surface area contributed by atoms with Crippen molar-refractivity contribution in [1.29, 1.82) is 5.26 Å². The number of hydrogen-bond acceptors (Lipinski definition) is 4. The number of hydrogen-bond donors (Lipinski definition) is 1. The zero-order chi connectivity index (χ0) is 15.1. The van der Waals surface area contributed by atoms with E-state index in [0.29, 0.717) is 0 Å². The van der Waals surface area contributed by atoms with Gasteiger partial charge in [-0.25, -0.2) is 0 Å². The monoisotopic (exact) mass is 271 g/mol. The van der Waals surface area contributed by atoms with Crippen LogP contribution in [0.1, 0.15) is 5.56 Å². The summed E-state index contributed by atoms with van der Waals surface area (Å²) in [6.45, 7) is 0. The highest BCUT2D eigenvalue weighted by Crippen LogP contribution is 2.20. The van der Waals surface area contributed by atoms with Gasteiger partial charge < -0.3 is 15.4 Å². The third kappa shape index (κ3) is 3.89. The Morgan fingerprint density at radius 3 is 2.30 bits per heavy atom. The quantitative estimate of drug-likeness (QED) is 0.500. The fourth-order valence-corrected chi connectivity index (χ4v) is 1.60. The number of allylic oxidation sites excluding steroid dienone is 2. The molecule has 0 unspecified atom stereocenters.